The van der Waals surface area contributed by atoms with Crippen molar-refractivity contribution in [1.29, 1.82) is 0 Å². The normalized spacial score (nSPS) is 11.5. The molecule has 0 radical (unpaired) electrons. The molecule has 0 bridgehead atoms. The molecule has 0 saturated carbocycles. The van der Waals surface area contributed by atoms with Crippen LogP contribution in [-0.4, -0.2) is 33.7 Å². The highest BCUT2D eigenvalue weighted by Gasteiger charge is 2.00. The van der Waals surface area contributed by atoms with Crippen LogP contribution < -0.4 is 10.6 Å². The average Bonchev–Trinajstić information content (AvgIpc) is 3.33. The molecule has 0 spiro atoms. The lowest BCUT2D eigenvalue weighted by Gasteiger charge is -2.12. The van der Waals surface area contributed by atoms with Gasteiger partial charge in [-0.05, 0) is 23.3 Å². The minimum absolute atomic E-state index is 0.745. The first-order valence-electron chi connectivity index (χ1n) is 8.42. The Bertz CT molecular complexity index is 757. The summed E-state index contributed by atoms with van der Waals surface area (Å²) >= 11 is 0. The van der Waals surface area contributed by atoms with Crippen LogP contribution in [0.4, 0.5) is 0 Å². The van der Waals surface area contributed by atoms with Crippen molar-refractivity contribution < 1.29 is 0 Å². The van der Waals surface area contributed by atoms with E-state index in [1.54, 1.807) is 13.2 Å². The number of benzene rings is 1. The van der Waals surface area contributed by atoms with E-state index in [1.165, 1.54) is 11.1 Å². The van der Waals surface area contributed by atoms with Crippen LogP contribution in [0.5, 0.6) is 0 Å². The van der Waals surface area contributed by atoms with Crippen molar-refractivity contribution in [3.63, 3.8) is 0 Å². The van der Waals surface area contributed by atoms with E-state index in [2.05, 4.69) is 66.4 Å². The van der Waals surface area contributed by atoms with E-state index in [-0.39, 0.29) is 0 Å². The fourth-order valence-corrected chi connectivity index (χ4v) is 2.58. The van der Waals surface area contributed by atoms with Gasteiger partial charge in [-0.25, -0.2) is 4.98 Å². The van der Waals surface area contributed by atoms with Crippen LogP contribution in [0.1, 0.15) is 11.1 Å². The van der Waals surface area contributed by atoms with Crippen molar-refractivity contribution in [1.82, 2.24) is 24.8 Å². The Morgan fingerprint density at radius 3 is 2.44 bits per heavy atom. The maximum Gasteiger partial charge on any atom is 0.191 e. The van der Waals surface area contributed by atoms with Gasteiger partial charge in [0.1, 0.15) is 0 Å². The Morgan fingerprint density at radius 2 is 1.76 bits per heavy atom. The molecular weight excluding hydrogens is 312 g/mol. The topological polar surface area (TPSA) is 59.2 Å². The lowest BCUT2D eigenvalue weighted by Crippen LogP contribution is -2.38. The van der Waals surface area contributed by atoms with Crippen molar-refractivity contribution in [3.05, 3.63) is 78.6 Å². The van der Waals surface area contributed by atoms with Gasteiger partial charge in [0, 0.05) is 58.0 Å². The van der Waals surface area contributed by atoms with E-state index in [9.17, 15) is 0 Å². The van der Waals surface area contributed by atoms with Crippen molar-refractivity contribution in [3.8, 4) is 0 Å². The van der Waals surface area contributed by atoms with Gasteiger partial charge in [-0.3, -0.25) is 4.99 Å². The van der Waals surface area contributed by atoms with Crippen LogP contribution >= 0.6 is 0 Å². The van der Waals surface area contributed by atoms with Gasteiger partial charge in [-0.1, -0.05) is 24.3 Å². The van der Waals surface area contributed by atoms with Crippen LogP contribution in [0, 0.1) is 0 Å². The first-order chi connectivity index (χ1) is 12.3. The summed E-state index contributed by atoms with van der Waals surface area (Å²) in [5, 5.41) is 6.67. The van der Waals surface area contributed by atoms with E-state index in [0.29, 0.717) is 0 Å². The molecule has 130 valence electrons. The third-order valence-corrected chi connectivity index (χ3v) is 3.96. The SMILES string of the molecule is CN=C(NCCn1cccc1)NCc1ccc(Cn2ccnc2)cc1. The van der Waals surface area contributed by atoms with Gasteiger partial charge in [0.25, 0.3) is 0 Å². The molecule has 6 nitrogen and oxygen atoms in total. The van der Waals surface area contributed by atoms with Crippen LogP contribution in [-0.2, 0) is 19.6 Å². The number of rotatable bonds is 7. The number of hydrogen-bond acceptors (Lipinski definition) is 2. The molecule has 0 aliphatic rings. The lowest BCUT2D eigenvalue weighted by atomic mass is 10.1. The molecule has 2 aromatic heterocycles. The number of guanidine groups is 1. The van der Waals surface area contributed by atoms with E-state index in [4.69, 9.17) is 0 Å². The summed E-state index contributed by atoms with van der Waals surface area (Å²) in [5.41, 5.74) is 2.48. The van der Waals surface area contributed by atoms with Gasteiger partial charge in [-0.15, -0.1) is 0 Å². The summed E-state index contributed by atoms with van der Waals surface area (Å²) in [6.07, 6.45) is 9.72. The second kappa shape index (κ2) is 8.73. The minimum Gasteiger partial charge on any atom is -0.355 e. The molecule has 2 heterocycles. The van der Waals surface area contributed by atoms with Crippen molar-refractivity contribution in [2.24, 2.45) is 4.99 Å². The lowest BCUT2D eigenvalue weighted by molar-refractivity contribution is 0.665. The average molecular weight is 336 g/mol. The number of aliphatic imine (C=N–C) groups is 1. The first-order valence-corrected chi connectivity index (χ1v) is 8.42. The summed E-state index contributed by atoms with van der Waals surface area (Å²) in [6, 6.07) is 12.7. The Hall–Kier alpha value is -3.02. The van der Waals surface area contributed by atoms with Gasteiger partial charge >= 0.3 is 0 Å². The molecule has 3 aromatic rings. The highest BCUT2D eigenvalue weighted by molar-refractivity contribution is 5.79. The number of hydrogen-bond donors (Lipinski definition) is 2. The molecule has 0 amide bonds. The number of nitrogens with zero attached hydrogens (tertiary/aromatic N) is 4. The van der Waals surface area contributed by atoms with Gasteiger partial charge in [0.05, 0.1) is 6.33 Å². The van der Waals surface area contributed by atoms with Gasteiger partial charge in [-0.2, -0.15) is 0 Å². The fourth-order valence-electron chi connectivity index (χ4n) is 2.58. The number of nitrogens with one attached hydrogen (secondary N) is 2. The van der Waals surface area contributed by atoms with E-state index < -0.39 is 0 Å². The van der Waals surface area contributed by atoms with Crippen LogP contribution in [0.3, 0.4) is 0 Å². The van der Waals surface area contributed by atoms with Gasteiger partial charge in [0.2, 0.25) is 0 Å². The molecule has 0 unspecified atom stereocenters. The second-order valence-electron chi connectivity index (χ2n) is 5.82. The third-order valence-electron chi connectivity index (χ3n) is 3.96. The number of aromatic nitrogens is 3. The summed E-state index contributed by atoms with van der Waals surface area (Å²) in [4.78, 5) is 8.33. The summed E-state index contributed by atoms with van der Waals surface area (Å²) in [5.74, 6) is 0.814. The summed E-state index contributed by atoms with van der Waals surface area (Å²) in [7, 11) is 1.79. The predicted molar refractivity (Wildman–Crippen MR) is 100 cm³/mol. The second-order valence-corrected chi connectivity index (χ2v) is 5.82. The molecule has 1 aromatic carbocycles. The largest absolute Gasteiger partial charge is 0.355 e. The zero-order valence-electron chi connectivity index (χ0n) is 14.5. The van der Waals surface area contributed by atoms with Crippen molar-refractivity contribution in [2.45, 2.75) is 19.6 Å². The Balaban J connectivity index is 1.43. The maximum absolute atomic E-state index is 4.26. The molecule has 0 saturated heterocycles. The van der Waals surface area contributed by atoms with Gasteiger partial charge in [0.15, 0.2) is 5.96 Å². The highest BCUT2D eigenvalue weighted by atomic mass is 15.2. The van der Waals surface area contributed by atoms with Crippen LogP contribution in [0.2, 0.25) is 0 Å². The van der Waals surface area contributed by atoms with Crippen LogP contribution in [0.15, 0.2) is 72.5 Å². The van der Waals surface area contributed by atoms with Crippen molar-refractivity contribution >= 4 is 5.96 Å². The smallest absolute Gasteiger partial charge is 0.191 e. The summed E-state index contributed by atoms with van der Waals surface area (Å²) in [6.45, 7) is 3.33. The monoisotopic (exact) mass is 336 g/mol. The molecule has 2 N–H and O–H groups in total. The maximum atomic E-state index is 4.26. The van der Waals surface area contributed by atoms with Crippen LogP contribution in [0.25, 0.3) is 0 Å². The molecule has 0 aliphatic heterocycles. The Labute approximate surface area is 148 Å². The molecular formula is C19H24N6. The highest BCUT2D eigenvalue weighted by Crippen LogP contribution is 2.06. The molecule has 0 fully saturated rings. The third kappa shape index (κ3) is 5.24. The molecule has 3 rings (SSSR count). The molecule has 0 atom stereocenters. The van der Waals surface area contributed by atoms with E-state index in [1.807, 2.05) is 24.7 Å². The fraction of sp³-hybridized carbons (Fsp3) is 0.263. The van der Waals surface area contributed by atoms with Gasteiger partial charge < -0.3 is 19.8 Å². The van der Waals surface area contributed by atoms with Crippen molar-refractivity contribution in [2.75, 3.05) is 13.6 Å². The molecule has 25 heavy (non-hydrogen) atoms. The first kappa shape index (κ1) is 16.8. The zero-order chi connectivity index (χ0) is 17.3. The zero-order valence-corrected chi connectivity index (χ0v) is 14.5. The number of imidazole rings is 1. The van der Waals surface area contributed by atoms with E-state index >= 15 is 0 Å². The minimum atomic E-state index is 0.745. The summed E-state index contributed by atoms with van der Waals surface area (Å²) < 4.78 is 4.20. The molecule has 0 aliphatic carbocycles. The van der Waals surface area contributed by atoms with E-state index in [0.717, 1.165) is 32.1 Å². The molecule has 6 heteroatoms. The quantitative estimate of drug-likeness (QED) is 0.513. The standard InChI is InChI=1S/C19H24N6/c1-20-19(22-9-13-24-10-2-3-11-24)23-14-17-4-6-18(7-5-17)15-25-12-8-21-16-25/h2-8,10-12,16H,9,13-15H2,1H3,(H2,20,22,23). The Morgan fingerprint density at radius 1 is 1.00 bits per heavy atom. The Kier molecular flexibility index (Phi) is 5.87. The predicted octanol–water partition coefficient (Wildman–Crippen LogP) is 2.10.